The molecule has 0 radical (unpaired) electrons. The Kier molecular flexibility index (Phi) is 5.70. The van der Waals surface area contributed by atoms with Crippen molar-refractivity contribution in [1.29, 1.82) is 0 Å². The molecule has 0 aromatic carbocycles. The number of hydrogen-bond donors (Lipinski definition) is 1. The summed E-state index contributed by atoms with van der Waals surface area (Å²) in [6.07, 6.45) is 7.90. The van der Waals surface area contributed by atoms with E-state index in [-0.39, 0.29) is 12.2 Å². The highest BCUT2D eigenvalue weighted by Gasteiger charge is 2.45. The Morgan fingerprint density at radius 1 is 1.10 bits per heavy atom. The summed E-state index contributed by atoms with van der Waals surface area (Å²) in [5, 5.41) is 3.60. The minimum atomic E-state index is 0.0192. The lowest BCUT2D eigenvalue weighted by molar-refractivity contribution is -0.134. The van der Waals surface area contributed by atoms with Gasteiger partial charge in [0.05, 0.1) is 12.2 Å². The molecule has 0 aromatic heterocycles. The molecule has 3 nitrogen and oxygen atoms in total. The summed E-state index contributed by atoms with van der Waals surface area (Å²) in [5.74, 6) is 2.10. The van der Waals surface area contributed by atoms with Crippen LogP contribution >= 0.6 is 0 Å². The van der Waals surface area contributed by atoms with Gasteiger partial charge in [0.15, 0.2) is 0 Å². The summed E-state index contributed by atoms with van der Waals surface area (Å²) in [6, 6.07) is 0.486. The average molecular weight is 294 g/mol. The van der Waals surface area contributed by atoms with E-state index in [4.69, 9.17) is 0 Å². The van der Waals surface area contributed by atoms with Crippen LogP contribution in [0.4, 0.5) is 0 Å². The van der Waals surface area contributed by atoms with Crippen LogP contribution in [0.2, 0.25) is 0 Å². The number of amides is 1. The van der Waals surface area contributed by atoms with Crippen molar-refractivity contribution in [2.75, 3.05) is 0 Å². The first-order chi connectivity index (χ1) is 9.95. The Labute approximate surface area is 130 Å². The molecule has 1 heterocycles. The van der Waals surface area contributed by atoms with Crippen LogP contribution in [0.1, 0.15) is 73.1 Å². The lowest BCUT2D eigenvalue weighted by atomic mass is 9.82. The predicted octanol–water partition coefficient (Wildman–Crippen LogP) is 3.78. The van der Waals surface area contributed by atoms with Crippen molar-refractivity contribution in [3.63, 3.8) is 0 Å². The van der Waals surface area contributed by atoms with Crippen LogP contribution in [-0.4, -0.2) is 29.1 Å². The van der Waals surface area contributed by atoms with E-state index in [0.717, 1.165) is 5.92 Å². The van der Waals surface area contributed by atoms with E-state index in [0.29, 0.717) is 23.8 Å². The molecule has 2 rings (SSSR count). The number of carbonyl (C=O) groups is 1. The third-order valence-corrected chi connectivity index (χ3v) is 5.38. The van der Waals surface area contributed by atoms with Crippen molar-refractivity contribution in [1.82, 2.24) is 10.2 Å². The van der Waals surface area contributed by atoms with Gasteiger partial charge in [-0.15, -0.1) is 0 Å². The van der Waals surface area contributed by atoms with Gasteiger partial charge in [-0.05, 0) is 43.4 Å². The van der Waals surface area contributed by atoms with Gasteiger partial charge in [-0.1, -0.05) is 47.5 Å². The van der Waals surface area contributed by atoms with Gasteiger partial charge in [-0.25, -0.2) is 0 Å². The molecule has 0 bridgehead atoms. The van der Waals surface area contributed by atoms with Gasteiger partial charge < -0.3 is 4.90 Å². The Hall–Kier alpha value is -0.570. The van der Waals surface area contributed by atoms with Gasteiger partial charge in [0.25, 0.3) is 0 Å². The van der Waals surface area contributed by atoms with Gasteiger partial charge in [0, 0.05) is 6.04 Å². The number of nitrogens with one attached hydrogen (secondary N) is 1. The molecule has 1 saturated heterocycles. The fourth-order valence-corrected chi connectivity index (χ4v) is 4.15. The van der Waals surface area contributed by atoms with Crippen LogP contribution in [0.25, 0.3) is 0 Å². The highest BCUT2D eigenvalue weighted by atomic mass is 16.2. The second kappa shape index (κ2) is 7.13. The minimum absolute atomic E-state index is 0.0192. The Morgan fingerprint density at radius 2 is 1.71 bits per heavy atom. The first kappa shape index (κ1) is 16.8. The fourth-order valence-electron chi connectivity index (χ4n) is 4.15. The summed E-state index contributed by atoms with van der Waals surface area (Å²) in [5.41, 5.74) is 0. The van der Waals surface area contributed by atoms with Crippen molar-refractivity contribution < 1.29 is 4.79 Å². The van der Waals surface area contributed by atoms with Crippen LogP contribution in [-0.2, 0) is 4.79 Å². The molecule has 0 spiro atoms. The monoisotopic (exact) mass is 294 g/mol. The smallest absolute Gasteiger partial charge is 0.241 e. The van der Waals surface area contributed by atoms with Gasteiger partial charge in [-0.3, -0.25) is 10.1 Å². The van der Waals surface area contributed by atoms with Crippen molar-refractivity contribution in [3.05, 3.63) is 0 Å². The molecule has 0 aromatic rings. The Morgan fingerprint density at radius 3 is 2.19 bits per heavy atom. The van der Waals surface area contributed by atoms with Crippen LogP contribution in [0, 0.1) is 17.8 Å². The maximum atomic E-state index is 12.8. The normalized spacial score (nSPS) is 34.2. The Bertz CT molecular complexity index is 345. The fraction of sp³-hybridized carbons (Fsp3) is 0.944. The average Bonchev–Trinajstić information content (AvgIpc) is 2.78. The summed E-state index contributed by atoms with van der Waals surface area (Å²) >= 11 is 0. The molecule has 122 valence electrons. The number of carbonyl (C=O) groups excluding carboxylic acids is 1. The topological polar surface area (TPSA) is 32.3 Å². The van der Waals surface area contributed by atoms with Crippen LogP contribution in [0.15, 0.2) is 0 Å². The molecular formula is C18H34N2O. The molecule has 1 aliphatic carbocycles. The molecule has 3 heteroatoms. The molecule has 2 unspecified atom stereocenters. The molecule has 1 saturated carbocycles. The van der Waals surface area contributed by atoms with E-state index in [9.17, 15) is 4.79 Å². The van der Waals surface area contributed by atoms with E-state index in [2.05, 4.69) is 44.8 Å². The lowest BCUT2D eigenvalue weighted by Gasteiger charge is -2.39. The van der Waals surface area contributed by atoms with Crippen molar-refractivity contribution >= 4 is 5.91 Å². The molecule has 1 N–H and O–H groups in total. The second-order valence-electron chi connectivity index (χ2n) is 7.79. The van der Waals surface area contributed by atoms with Crippen LogP contribution in [0.5, 0.6) is 0 Å². The van der Waals surface area contributed by atoms with Gasteiger partial charge in [0.2, 0.25) is 5.91 Å². The number of nitrogens with zero attached hydrogens (tertiary/aromatic N) is 1. The third-order valence-electron chi connectivity index (χ3n) is 5.38. The molecule has 2 fully saturated rings. The van der Waals surface area contributed by atoms with Crippen molar-refractivity contribution in [2.24, 2.45) is 17.8 Å². The van der Waals surface area contributed by atoms with Gasteiger partial charge in [0.1, 0.15) is 0 Å². The first-order valence-electron chi connectivity index (χ1n) is 9.03. The maximum absolute atomic E-state index is 12.8. The largest absolute Gasteiger partial charge is 0.323 e. The minimum Gasteiger partial charge on any atom is -0.323 e. The molecule has 1 aliphatic heterocycles. The van der Waals surface area contributed by atoms with E-state index < -0.39 is 0 Å². The first-order valence-corrected chi connectivity index (χ1v) is 9.03. The molecular weight excluding hydrogens is 260 g/mol. The number of rotatable bonds is 5. The second-order valence-corrected chi connectivity index (χ2v) is 7.79. The van der Waals surface area contributed by atoms with Crippen molar-refractivity contribution in [3.8, 4) is 0 Å². The SMILES string of the molecule is CCCC1CCC(N2C(=O)C(C(C)C)NC2C(C)C)CC1. The molecule has 2 aliphatic rings. The zero-order chi connectivity index (χ0) is 15.6. The Balaban J connectivity index is 2.04. The predicted molar refractivity (Wildman–Crippen MR) is 87.9 cm³/mol. The summed E-state index contributed by atoms with van der Waals surface area (Å²) in [4.78, 5) is 15.1. The zero-order valence-electron chi connectivity index (χ0n) is 14.6. The van der Waals surface area contributed by atoms with Crippen LogP contribution in [0.3, 0.4) is 0 Å². The van der Waals surface area contributed by atoms with E-state index >= 15 is 0 Å². The van der Waals surface area contributed by atoms with E-state index in [1.54, 1.807) is 0 Å². The summed E-state index contributed by atoms with van der Waals surface area (Å²) in [7, 11) is 0. The maximum Gasteiger partial charge on any atom is 0.241 e. The third kappa shape index (κ3) is 3.61. The van der Waals surface area contributed by atoms with Gasteiger partial charge >= 0.3 is 0 Å². The summed E-state index contributed by atoms with van der Waals surface area (Å²) in [6.45, 7) is 11.0. The lowest BCUT2D eigenvalue weighted by Crippen LogP contribution is -2.48. The molecule has 1 amide bonds. The quantitative estimate of drug-likeness (QED) is 0.837. The van der Waals surface area contributed by atoms with Crippen molar-refractivity contribution in [2.45, 2.75) is 91.4 Å². The summed E-state index contributed by atoms with van der Waals surface area (Å²) < 4.78 is 0. The molecule has 21 heavy (non-hydrogen) atoms. The highest BCUT2D eigenvalue weighted by Crippen LogP contribution is 2.34. The highest BCUT2D eigenvalue weighted by molar-refractivity contribution is 5.85. The number of hydrogen-bond acceptors (Lipinski definition) is 2. The van der Waals surface area contributed by atoms with Crippen LogP contribution < -0.4 is 5.32 Å². The van der Waals surface area contributed by atoms with Gasteiger partial charge in [-0.2, -0.15) is 0 Å². The van der Waals surface area contributed by atoms with E-state index in [1.165, 1.54) is 38.5 Å². The zero-order valence-corrected chi connectivity index (χ0v) is 14.6. The van der Waals surface area contributed by atoms with E-state index in [1.807, 2.05) is 0 Å². The molecule has 2 atom stereocenters. The standard InChI is InChI=1S/C18H34N2O/c1-6-7-14-8-10-15(11-9-14)20-17(13(4)5)19-16(12(2)3)18(20)21/h12-17,19H,6-11H2,1-5H3.